The van der Waals surface area contributed by atoms with E-state index in [9.17, 15) is 14.9 Å². The van der Waals surface area contributed by atoms with E-state index < -0.39 is 17.3 Å². The zero-order valence-corrected chi connectivity index (χ0v) is 16.9. The Hall–Kier alpha value is -4.15. The second-order valence-corrected chi connectivity index (χ2v) is 7.92. The number of aromatic nitrogens is 1. The highest BCUT2D eigenvalue weighted by Crippen LogP contribution is 2.56. The first-order valence-corrected chi connectivity index (χ1v) is 10.0. The first-order chi connectivity index (χ1) is 15.1. The maximum absolute atomic E-state index is 14.3. The van der Waals surface area contributed by atoms with Crippen LogP contribution in [0.25, 0.3) is 22.6 Å². The van der Waals surface area contributed by atoms with E-state index in [2.05, 4.69) is 18.2 Å². The van der Waals surface area contributed by atoms with Gasteiger partial charge in [-0.15, -0.1) is 0 Å². The molecule has 148 valence electrons. The van der Waals surface area contributed by atoms with Crippen molar-refractivity contribution >= 4 is 22.6 Å². The number of nitriles is 2. The lowest BCUT2D eigenvalue weighted by Gasteiger charge is -2.26. The van der Waals surface area contributed by atoms with E-state index in [4.69, 9.17) is 0 Å². The van der Waals surface area contributed by atoms with Crippen LogP contribution < -0.4 is 0 Å². The average Bonchev–Trinajstić information content (AvgIpc) is 3.30. The van der Waals surface area contributed by atoms with Crippen molar-refractivity contribution < 1.29 is 4.39 Å². The Morgan fingerprint density at radius 2 is 1.74 bits per heavy atom. The van der Waals surface area contributed by atoms with E-state index in [1.54, 1.807) is 6.07 Å². The second kappa shape index (κ2) is 6.97. The second-order valence-electron chi connectivity index (χ2n) is 7.92. The Morgan fingerprint density at radius 1 is 0.968 bits per heavy atom. The molecule has 3 nitrogen and oxygen atoms in total. The number of benzene rings is 3. The van der Waals surface area contributed by atoms with Crippen molar-refractivity contribution in [3.63, 3.8) is 0 Å². The topological polar surface area (TPSA) is 52.5 Å². The number of nitrogens with zero attached hydrogens (tertiary/aromatic N) is 3. The molecule has 0 N–H and O–H groups in total. The molecule has 1 unspecified atom stereocenters. The van der Waals surface area contributed by atoms with E-state index in [1.165, 1.54) is 12.1 Å². The van der Waals surface area contributed by atoms with E-state index in [-0.39, 0.29) is 0 Å². The molecule has 0 saturated carbocycles. The van der Waals surface area contributed by atoms with Crippen LogP contribution in [0.15, 0.2) is 79.0 Å². The van der Waals surface area contributed by atoms with Gasteiger partial charge in [0.2, 0.25) is 0 Å². The van der Waals surface area contributed by atoms with Gasteiger partial charge < -0.3 is 4.57 Å². The third-order valence-electron chi connectivity index (χ3n) is 6.05. The first kappa shape index (κ1) is 18.9. The molecule has 3 aromatic carbocycles. The summed E-state index contributed by atoms with van der Waals surface area (Å²) >= 11 is 0. The summed E-state index contributed by atoms with van der Waals surface area (Å²) in [6.45, 7) is 2.03. The molecule has 0 bridgehead atoms. The molecule has 4 heteroatoms. The quantitative estimate of drug-likeness (QED) is 0.396. The van der Waals surface area contributed by atoms with Gasteiger partial charge in [0.05, 0.1) is 18.2 Å². The fourth-order valence-electron chi connectivity index (χ4n) is 4.64. The predicted molar refractivity (Wildman–Crippen MR) is 119 cm³/mol. The minimum atomic E-state index is -1.50. The maximum atomic E-state index is 14.3. The van der Waals surface area contributed by atoms with E-state index >= 15 is 0 Å². The SMILES string of the molecule is Cc1ccc2c(ccn2C2c3ccc(F)cc3/C(=C/c3ccccc3)C2(C#N)C#N)c1. The normalized spacial score (nSPS) is 17.9. The molecule has 1 aliphatic carbocycles. The van der Waals surface area contributed by atoms with Gasteiger partial charge in [0.25, 0.3) is 0 Å². The van der Waals surface area contributed by atoms with Gasteiger partial charge in [0.15, 0.2) is 5.41 Å². The van der Waals surface area contributed by atoms with Crippen molar-refractivity contribution in [3.05, 3.63) is 107 Å². The molecule has 0 radical (unpaired) electrons. The molecular formula is C27H18FN3. The van der Waals surface area contributed by atoms with Crippen LogP contribution in [0.5, 0.6) is 0 Å². The number of aryl methyl sites for hydroxylation is 1. The van der Waals surface area contributed by atoms with Crippen LogP contribution in [0.4, 0.5) is 4.39 Å². The molecule has 0 saturated heterocycles. The summed E-state index contributed by atoms with van der Waals surface area (Å²) in [7, 11) is 0. The molecule has 1 aliphatic rings. The van der Waals surface area contributed by atoms with E-state index in [0.717, 1.165) is 27.6 Å². The van der Waals surface area contributed by atoms with Crippen molar-refractivity contribution in [1.29, 1.82) is 10.5 Å². The summed E-state index contributed by atoms with van der Waals surface area (Å²) in [6.07, 6.45) is 3.75. The van der Waals surface area contributed by atoms with Crippen LogP contribution in [0.2, 0.25) is 0 Å². The Balaban J connectivity index is 1.84. The van der Waals surface area contributed by atoms with Crippen LogP contribution in [-0.4, -0.2) is 4.57 Å². The average molecular weight is 403 g/mol. The van der Waals surface area contributed by atoms with Crippen LogP contribution in [0.3, 0.4) is 0 Å². The summed E-state index contributed by atoms with van der Waals surface area (Å²) in [6, 6.07) is 26.2. The largest absolute Gasteiger partial charge is 0.337 e. The molecule has 1 atom stereocenters. The molecule has 4 aromatic rings. The molecular weight excluding hydrogens is 385 g/mol. The zero-order valence-electron chi connectivity index (χ0n) is 16.9. The fraction of sp³-hybridized carbons (Fsp3) is 0.111. The molecule has 1 heterocycles. The van der Waals surface area contributed by atoms with Gasteiger partial charge in [0, 0.05) is 11.7 Å². The monoisotopic (exact) mass is 403 g/mol. The Morgan fingerprint density at radius 3 is 2.48 bits per heavy atom. The Labute approximate surface area is 179 Å². The Kier molecular flexibility index (Phi) is 4.24. The highest BCUT2D eigenvalue weighted by molar-refractivity contribution is 5.94. The molecule has 5 rings (SSSR count). The molecule has 0 fully saturated rings. The lowest BCUT2D eigenvalue weighted by atomic mass is 9.79. The molecule has 0 aliphatic heterocycles. The summed E-state index contributed by atoms with van der Waals surface area (Å²) in [5.41, 5.74) is 3.32. The van der Waals surface area contributed by atoms with Crippen molar-refractivity contribution in [2.75, 3.05) is 0 Å². The first-order valence-electron chi connectivity index (χ1n) is 10.0. The van der Waals surface area contributed by atoms with Crippen molar-refractivity contribution in [2.45, 2.75) is 13.0 Å². The standard InChI is InChI=1S/C27H18FN3/c1-18-7-10-25-20(13-18)11-12-31(25)26-22-9-8-21(28)15-23(22)24(27(26,16-29)17-30)14-19-5-3-2-4-6-19/h2-15,26H,1H3/b24-14-. The van der Waals surface area contributed by atoms with Crippen LogP contribution in [0.1, 0.15) is 28.3 Å². The molecule has 1 aromatic heterocycles. The minimum Gasteiger partial charge on any atom is -0.337 e. The Bertz CT molecular complexity index is 1420. The van der Waals surface area contributed by atoms with Crippen LogP contribution in [0, 0.1) is 40.8 Å². The van der Waals surface area contributed by atoms with Gasteiger partial charge in [-0.2, -0.15) is 10.5 Å². The lowest BCUT2D eigenvalue weighted by Crippen LogP contribution is -2.26. The van der Waals surface area contributed by atoms with Gasteiger partial charge in [0.1, 0.15) is 5.82 Å². The highest BCUT2D eigenvalue weighted by Gasteiger charge is 2.52. The third kappa shape index (κ3) is 2.77. The van der Waals surface area contributed by atoms with Crippen molar-refractivity contribution in [1.82, 2.24) is 4.57 Å². The molecule has 31 heavy (non-hydrogen) atoms. The number of rotatable bonds is 2. The van der Waals surface area contributed by atoms with Crippen molar-refractivity contribution in [2.24, 2.45) is 5.41 Å². The van der Waals surface area contributed by atoms with Gasteiger partial charge in [-0.3, -0.25) is 0 Å². The molecule has 0 amide bonds. The minimum absolute atomic E-state index is 0.392. The number of hydrogen-bond donors (Lipinski definition) is 0. The number of allylic oxidation sites excluding steroid dienone is 1. The lowest BCUT2D eigenvalue weighted by molar-refractivity contribution is 0.482. The van der Waals surface area contributed by atoms with Gasteiger partial charge in [-0.05, 0) is 71.0 Å². The van der Waals surface area contributed by atoms with Gasteiger partial charge >= 0.3 is 0 Å². The summed E-state index contributed by atoms with van der Waals surface area (Å²) in [4.78, 5) is 0. The van der Waals surface area contributed by atoms with E-state index in [0.29, 0.717) is 11.1 Å². The zero-order chi connectivity index (χ0) is 21.6. The highest BCUT2D eigenvalue weighted by atomic mass is 19.1. The summed E-state index contributed by atoms with van der Waals surface area (Å²) in [5, 5.41) is 21.8. The number of fused-ring (bicyclic) bond motifs is 2. The van der Waals surface area contributed by atoms with Gasteiger partial charge in [-0.1, -0.05) is 48.0 Å². The fourth-order valence-corrected chi connectivity index (χ4v) is 4.64. The summed E-state index contributed by atoms with van der Waals surface area (Å²) in [5.74, 6) is -0.392. The van der Waals surface area contributed by atoms with Gasteiger partial charge in [-0.25, -0.2) is 4.39 Å². The maximum Gasteiger partial charge on any atom is 0.193 e. The van der Waals surface area contributed by atoms with Crippen LogP contribution in [-0.2, 0) is 0 Å². The smallest absolute Gasteiger partial charge is 0.193 e. The van der Waals surface area contributed by atoms with E-state index in [1.807, 2.05) is 72.3 Å². The third-order valence-corrected chi connectivity index (χ3v) is 6.05. The van der Waals surface area contributed by atoms with Crippen molar-refractivity contribution in [3.8, 4) is 12.1 Å². The molecule has 0 spiro atoms. The van der Waals surface area contributed by atoms with Crippen LogP contribution >= 0.6 is 0 Å². The number of halogens is 1. The summed E-state index contributed by atoms with van der Waals surface area (Å²) < 4.78 is 16.3. The predicted octanol–water partition coefficient (Wildman–Crippen LogP) is 6.27. The number of hydrogen-bond acceptors (Lipinski definition) is 2.